The van der Waals surface area contributed by atoms with Gasteiger partial charge in [-0.25, -0.2) is 0 Å². The van der Waals surface area contributed by atoms with Crippen molar-refractivity contribution in [3.05, 3.63) is 48.3 Å². The van der Waals surface area contributed by atoms with Crippen molar-refractivity contribution >= 4 is 0 Å². The molecular formula is C15H20N2O2. The third-order valence-corrected chi connectivity index (χ3v) is 3.67. The van der Waals surface area contributed by atoms with E-state index in [0.717, 1.165) is 37.7 Å². The summed E-state index contributed by atoms with van der Waals surface area (Å²) in [6, 6.07) is 8.27. The summed E-state index contributed by atoms with van der Waals surface area (Å²) < 4.78 is 10.9. The zero-order chi connectivity index (χ0) is 12.9. The molecule has 1 aliphatic heterocycles. The van der Waals surface area contributed by atoms with Crippen molar-refractivity contribution in [2.45, 2.75) is 25.4 Å². The Morgan fingerprint density at radius 3 is 2.58 bits per heavy atom. The summed E-state index contributed by atoms with van der Waals surface area (Å²) in [6.45, 7) is 3.97. The van der Waals surface area contributed by atoms with Gasteiger partial charge in [0, 0.05) is 6.54 Å². The maximum Gasteiger partial charge on any atom is 0.122 e. The molecule has 1 saturated heterocycles. The molecule has 1 fully saturated rings. The van der Waals surface area contributed by atoms with Crippen molar-refractivity contribution < 1.29 is 8.83 Å². The van der Waals surface area contributed by atoms with E-state index in [1.807, 2.05) is 18.2 Å². The zero-order valence-corrected chi connectivity index (χ0v) is 11.0. The van der Waals surface area contributed by atoms with Gasteiger partial charge >= 0.3 is 0 Å². The van der Waals surface area contributed by atoms with Gasteiger partial charge in [-0.05, 0) is 50.2 Å². The molecule has 0 saturated carbocycles. The Balaban J connectivity index is 1.59. The first-order valence-corrected chi connectivity index (χ1v) is 6.94. The van der Waals surface area contributed by atoms with Crippen molar-refractivity contribution in [3.63, 3.8) is 0 Å². The third-order valence-electron chi connectivity index (χ3n) is 3.67. The molecular weight excluding hydrogens is 240 g/mol. The molecule has 2 aromatic heterocycles. The van der Waals surface area contributed by atoms with E-state index in [1.54, 1.807) is 12.5 Å². The Kier molecular flexibility index (Phi) is 4.01. The van der Waals surface area contributed by atoms with Gasteiger partial charge in [-0.3, -0.25) is 4.90 Å². The molecule has 0 aliphatic carbocycles. The molecule has 0 spiro atoms. The van der Waals surface area contributed by atoms with Crippen LogP contribution >= 0.6 is 0 Å². The molecule has 1 N–H and O–H groups in total. The highest BCUT2D eigenvalue weighted by molar-refractivity contribution is 5.06. The first-order chi connectivity index (χ1) is 9.43. The highest BCUT2D eigenvalue weighted by Crippen LogP contribution is 2.24. The number of hydrogen-bond donors (Lipinski definition) is 1. The van der Waals surface area contributed by atoms with Crippen molar-refractivity contribution in [3.8, 4) is 0 Å². The molecule has 4 nitrogen and oxygen atoms in total. The molecule has 3 heterocycles. The van der Waals surface area contributed by atoms with E-state index in [2.05, 4.69) is 16.3 Å². The maximum absolute atomic E-state index is 5.59. The van der Waals surface area contributed by atoms with E-state index in [1.165, 1.54) is 12.8 Å². The number of nitrogens with one attached hydrogen (secondary N) is 1. The van der Waals surface area contributed by atoms with Gasteiger partial charge in [-0.1, -0.05) is 0 Å². The summed E-state index contributed by atoms with van der Waals surface area (Å²) in [6.07, 6.45) is 6.04. The fourth-order valence-electron chi connectivity index (χ4n) is 2.69. The van der Waals surface area contributed by atoms with Crippen molar-refractivity contribution in [1.29, 1.82) is 0 Å². The van der Waals surface area contributed by atoms with Crippen molar-refractivity contribution in [2.75, 3.05) is 19.6 Å². The van der Waals surface area contributed by atoms with Crippen LogP contribution in [0.15, 0.2) is 45.6 Å². The highest BCUT2D eigenvalue weighted by atomic mass is 16.3. The van der Waals surface area contributed by atoms with Gasteiger partial charge in [-0.2, -0.15) is 0 Å². The monoisotopic (exact) mass is 260 g/mol. The van der Waals surface area contributed by atoms with Crippen LogP contribution in [0.25, 0.3) is 0 Å². The molecule has 0 unspecified atom stereocenters. The molecule has 0 bridgehead atoms. The molecule has 3 rings (SSSR count). The number of likely N-dealkylation sites (tertiary alicyclic amines) is 1. The molecule has 102 valence electrons. The number of furan rings is 2. The van der Waals surface area contributed by atoms with E-state index in [4.69, 9.17) is 8.83 Å². The van der Waals surface area contributed by atoms with Crippen LogP contribution in [0.4, 0.5) is 0 Å². The lowest BCUT2D eigenvalue weighted by Crippen LogP contribution is -2.33. The van der Waals surface area contributed by atoms with E-state index < -0.39 is 0 Å². The van der Waals surface area contributed by atoms with E-state index in [9.17, 15) is 0 Å². The van der Waals surface area contributed by atoms with Gasteiger partial charge in [0.05, 0.1) is 25.1 Å². The molecule has 1 atom stereocenters. The van der Waals surface area contributed by atoms with Crippen LogP contribution < -0.4 is 5.32 Å². The number of hydrogen-bond acceptors (Lipinski definition) is 4. The number of rotatable bonds is 6. The Morgan fingerprint density at radius 1 is 1.11 bits per heavy atom. The zero-order valence-electron chi connectivity index (χ0n) is 11.0. The summed E-state index contributed by atoms with van der Waals surface area (Å²) in [7, 11) is 0. The molecule has 0 amide bonds. The average Bonchev–Trinajstić information content (AvgIpc) is 3.15. The van der Waals surface area contributed by atoms with E-state index >= 15 is 0 Å². The van der Waals surface area contributed by atoms with Crippen LogP contribution in [-0.2, 0) is 6.54 Å². The summed E-state index contributed by atoms with van der Waals surface area (Å²) in [4.78, 5) is 2.49. The molecule has 2 aromatic rings. The van der Waals surface area contributed by atoms with Crippen LogP contribution in [0.5, 0.6) is 0 Å². The average molecular weight is 260 g/mol. The topological polar surface area (TPSA) is 41.6 Å². The standard InChI is InChI=1S/C15H20N2O2/c1-2-8-17(7-1)14(15-6-4-10-19-15)12-16-11-13-5-3-9-18-13/h3-6,9-10,14,16H,1-2,7-8,11-12H2/t14-/m0/s1. The lowest BCUT2D eigenvalue weighted by atomic mass is 10.2. The first-order valence-electron chi connectivity index (χ1n) is 6.94. The van der Waals surface area contributed by atoms with Gasteiger partial charge in [0.2, 0.25) is 0 Å². The smallest absolute Gasteiger partial charge is 0.122 e. The minimum atomic E-state index is 0.326. The molecule has 4 heteroatoms. The maximum atomic E-state index is 5.59. The second kappa shape index (κ2) is 6.08. The Hall–Kier alpha value is -1.52. The van der Waals surface area contributed by atoms with Gasteiger partial charge in [0.1, 0.15) is 11.5 Å². The van der Waals surface area contributed by atoms with Crippen LogP contribution in [0.2, 0.25) is 0 Å². The lowest BCUT2D eigenvalue weighted by molar-refractivity contribution is 0.208. The fourth-order valence-corrected chi connectivity index (χ4v) is 2.69. The summed E-state index contributed by atoms with van der Waals surface area (Å²) in [5, 5.41) is 3.46. The second-order valence-corrected chi connectivity index (χ2v) is 4.98. The first kappa shape index (κ1) is 12.5. The van der Waals surface area contributed by atoms with Gasteiger partial charge in [0.15, 0.2) is 0 Å². The summed E-state index contributed by atoms with van der Waals surface area (Å²) >= 11 is 0. The lowest BCUT2D eigenvalue weighted by Gasteiger charge is -2.25. The molecule has 0 aromatic carbocycles. The predicted molar refractivity (Wildman–Crippen MR) is 72.7 cm³/mol. The van der Waals surface area contributed by atoms with Crippen LogP contribution in [0.1, 0.15) is 30.4 Å². The van der Waals surface area contributed by atoms with Crippen molar-refractivity contribution in [1.82, 2.24) is 10.2 Å². The Bertz CT molecular complexity index is 458. The second-order valence-electron chi connectivity index (χ2n) is 4.98. The van der Waals surface area contributed by atoms with E-state index in [0.29, 0.717) is 6.04 Å². The summed E-state index contributed by atoms with van der Waals surface area (Å²) in [5.74, 6) is 2.02. The van der Waals surface area contributed by atoms with Gasteiger partial charge < -0.3 is 14.2 Å². The van der Waals surface area contributed by atoms with Gasteiger partial charge in [-0.15, -0.1) is 0 Å². The molecule has 0 radical (unpaired) electrons. The van der Waals surface area contributed by atoms with Gasteiger partial charge in [0.25, 0.3) is 0 Å². The third kappa shape index (κ3) is 3.08. The summed E-state index contributed by atoms with van der Waals surface area (Å²) in [5.41, 5.74) is 0. The molecule has 1 aliphatic rings. The minimum Gasteiger partial charge on any atom is -0.468 e. The quantitative estimate of drug-likeness (QED) is 0.867. The fraction of sp³-hybridized carbons (Fsp3) is 0.467. The van der Waals surface area contributed by atoms with Crippen LogP contribution in [-0.4, -0.2) is 24.5 Å². The largest absolute Gasteiger partial charge is 0.468 e. The molecule has 19 heavy (non-hydrogen) atoms. The Labute approximate surface area is 113 Å². The van der Waals surface area contributed by atoms with E-state index in [-0.39, 0.29) is 0 Å². The van der Waals surface area contributed by atoms with Crippen LogP contribution in [0.3, 0.4) is 0 Å². The van der Waals surface area contributed by atoms with Crippen LogP contribution in [0, 0.1) is 0 Å². The van der Waals surface area contributed by atoms with Crippen molar-refractivity contribution in [2.24, 2.45) is 0 Å². The predicted octanol–water partition coefficient (Wildman–Crippen LogP) is 2.80. The Morgan fingerprint density at radius 2 is 1.89 bits per heavy atom. The number of nitrogens with zero attached hydrogens (tertiary/aromatic N) is 1. The SMILES string of the molecule is c1coc(CNC[C@@H](c2ccco2)N2CCCC2)c1. The normalized spacial score (nSPS) is 17.9. The highest BCUT2D eigenvalue weighted by Gasteiger charge is 2.25. The minimum absolute atomic E-state index is 0.326.